The first kappa shape index (κ1) is 14.2. The molecule has 0 saturated heterocycles. The molecule has 0 atom stereocenters. The number of hydrogen-bond donors (Lipinski definition) is 1. The first-order chi connectivity index (χ1) is 8.68. The van der Waals surface area contributed by atoms with Gasteiger partial charge in [-0.05, 0) is 18.4 Å². The second-order valence-corrected chi connectivity index (χ2v) is 4.14. The summed E-state index contributed by atoms with van der Waals surface area (Å²) in [6.07, 6.45) is 4.00. The molecule has 0 unspecified atom stereocenters. The van der Waals surface area contributed by atoms with Crippen molar-refractivity contribution in [2.24, 2.45) is 0 Å². The Labute approximate surface area is 107 Å². The maximum absolute atomic E-state index is 10.5. The summed E-state index contributed by atoms with van der Waals surface area (Å²) in [6, 6.07) is 9.15. The fraction of sp³-hybridized carbons (Fsp3) is 0.429. The summed E-state index contributed by atoms with van der Waals surface area (Å²) in [6.45, 7) is 0.121. The van der Waals surface area contributed by atoms with Crippen LogP contribution in [0, 0.1) is 0 Å². The van der Waals surface area contributed by atoms with Crippen molar-refractivity contribution in [2.45, 2.75) is 38.7 Å². The topological polar surface area (TPSA) is 63.6 Å². The van der Waals surface area contributed by atoms with Gasteiger partial charge >= 0.3 is 6.16 Å². The van der Waals surface area contributed by atoms with Gasteiger partial charge in [0.2, 0.25) is 0 Å². The van der Waals surface area contributed by atoms with E-state index in [0.29, 0.717) is 5.78 Å². The maximum Gasteiger partial charge on any atom is 0.506 e. The molecule has 4 heteroatoms. The molecular weight excluding hydrogens is 232 g/mol. The van der Waals surface area contributed by atoms with Crippen molar-refractivity contribution in [3.8, 4) is 0 Å². The largest absolute Gasteiger partial charge is 0.506 e. The predicted octanol–water partition coefficient (Wildman–Crippen LogP) is 3.40. The number of benzene rings is 1. The maximum atomic E-state index is 10.5. The lowest BCUT2D eigenvalue weighted by molar-refractivity contribution is -0.120. The second-order valence-electron chi connectivity index (χ2n) is 4.14. The number of carbonyl (C=O) groups excluding carboxylic acids is 1. The molecule has 18 heavy (non-hydrogen) atoms. The SMILES string of the molecule is O=C(O)OCc1ccccc1.O=C1CCCCC1. The molecule has 0 spiro atoms. The van der Waals surface area contributed by atoms with Crippen molar-refractivity contribution in [1.82, 2.24) is 0 Å². The number of ether oxygens (including phenoxy) is 1. The van der Waals surface area contributed by atoms with Crippen LogP contribution >= 0.6 is 0 Å². The van der Waals surface area contributed by atoms with Gasteiger partial charge in [0.05, 0.1) is 0 Å². The molecule has 1 aliphatic carbocycles. The van der Waals surface area contributed by atoms with E-state index in [1.165, 1.54) is 6.42 Å². The molecule has 0 aromatic heterocycles. The quantitative estimate of drug-likeness (QED) is 0.817. The van der Waals surface area contributed by atoms with Crippen molar-refractivity contribution in [2.75, 3.05) is 0 Å². The van der Waals surface area contributed by atoms with Crippen molar-refractivity contribution in [1.29, 1.82) is 0 Å². The zero-order valence-corrected chi connectivity index (χ0v) is 10.3. The van der Waals surface area contributed by atoms with E-state index in [9.17, 15) is 9.59 Å². The van der Waals surface area contributed by atoms with E-state index in [1.54, 1.807) is 0 Å². The van der Waals surface area contributed by atoms with Crippen LogP contribution in [0.3, 0.4) is 0 Å². The van der Waals surface area contributed by atoms with Crippen LogP contribution in [0.5, 0.6) is 0 Å². The summed E-state index contributed by atoms with van der Waals surface area (Å²) >= 11 is 0. The van der Waals surface area contributed by atoms with Crippen molar-refractivity contribution in [3.63, 3.8) is 0 Å². The van der Waals surface area contributed by atoms with Crippen molar-refractivity contribution < 1.29 is 19.4 Å². The molecule has 1 N–H and O–H groups in total. The molecule has 1 aromatic carbocycles. The van der Waals surface area contributed by atoms with Gasteiger partial charge in [-0.15, -0.1) is 0 Å². The van der Waals surface area contributed by atoms with E-state index in [-0.39, 0.29) is 6.61 Å². The van der Waals surface area contributed by atoms with Crippen molar-refractivity contribution in [3.05, 3.63) is 35.9 Å². The number of Topliss-reactive ketones (excluding diaryl/α,β-unsaturated/α-hetero) is 1. The molecule has 2 rings (SSSR count). The Morgan fingerprint density at radius 1 is 1.11 bits per heavy atom. The standard InChI is InChI=1S/C8H8O3.C6H10O/c9-8(10)11-6-7-4-2-1-3-5-7;7-6-4-2-1-3-5-6/h1-5H,6H2,(H,9,10);1-5H2. The molecular formula is C14H18O4. The van der Waals surface area contributed by atoms with E-state index in [0.717, 1.165) is 31.2 Å². The van der Waals surface area contributed by atoms with Gasteiger partial charge in [-0.3, -0.25) is 4.79 Å². The van der Waals surface area contributed by atoms with E-state index >= 15 is 0 Å². The van der Waals surface area contributed by atoms with Gasteiger partial charge in [-0.2, -0.15) is 0 Å². The molecule has 0 bridgehead atoms. The average Bonchev–Trinajstić information content (AvgIpc) is 2.39. The summed E-state index contributed by atoms with van der Waals surface area (Å²) in [5.41, 5.74) is 0.856. The summed E-state index contributed by atoms with van der Waals surface area (Å²) < 4.78 is 4.34. The van der Waals surface area contributed by atoms with Crippen molar-refractivity contribution >= 4 is 11.9 Å². The highest BCUT2D eigenvalue weighted by Crippen LogP contribution is 2.12. The van der Waals surface area contributed by atoms with E-state index in [4.69, 9.17) is 5.11 Å². The smallest absolute Gasteiger partial charge is 0.450 e. The zero-order chi connectivity index (χ0) is 13.2. The first-order valence-corrected chi connectivity index (χ1v) is 6.10. The highest BCUT2D eigenvalue weighted by Gasteiger charge is 2.05. The number of ketones is 1. The van der Waals surface area contributed by atoms with Gasteiger partial charge in [0.1, 0.15) is 12.4 Å². The fourth-order valence-corrected chi connectivity index (χ4v) is 1.67. The normalized spacial score (nSPS) is 14.3. The molecule has 0 aliphatic heterocycles. The molecule has 4 nitrogen and oxygen atoms in total. The van der Waals surface area contributed by atoms with E-state index in [2.05, 4.69) is 4.74 Å². The Balaban J connectivity index is 0.000000199. The summed E-state index contributed by atoms with van der Waals surface area (Å²) in [7, 11) is 0. The lowest BCUT2D eigenvalue weighted by atomic mass is 10.00. The number of rotatable bonds is 2. The highest BCUT2D eigenvalue weighted by atomic mass is 16.7. The Morgan fingerprint density at radius 3 is 2.17 bits per heavy atom. The lowest BCUT2D eigenvalue weighted by Gasteiger charge is -2.05. The Morgan fingerprint density at radius 2 is 1.72 bits per heavy atom. The third kappa shape index (κ3) is 6.68. The van der Waals surface area contributed by atoms with Gasteiger partial charge in [0.25, 0.3) is 0 Å². The fourth-order valence-electron chi connectivity index (χ4n) is 1.67. The Hall–Kier alpha value is -1.84. The van der Waals surface area contributed by atoms with Gasteiger partial charge in [-0.25, -0.2) is 4.79 Å². The Bertz CT molecular complexity index is 365. The molecule has 1 aliphatic rings. The average molecular weight is 250 g/mol. The number of carbonyl (C=O) groups is 2. The van der Waals surface area contributed by atoms with Gasteiger partial charge in [-0.1, -0.05) is 36.8 Å². The van der Waals surface area contributed by atoms with Crippen LogP contribution in [0.2, 0.25) is 0 Å². The summed E-state index contributed by atoms with van der Waals surface area (Å²) in [4.78, 5) is 20.4. The Kier molecular flexibility index (Phi) is 6.54. The second kappa shape index (κ2) is 8.28. The van der Waals surface area contributed by atoms with E-state index < -0.39 is 6.16 Å². The van der Waals surface area contributed by atoms with Crippen LogP contribution in [-0.4, -0.2) is 17.0 Å². The van der Waals surface area contributed by atoms with Gasteiger partial charge in [0.15, 0.2) is 0 Å². The third-order valence-electron chi connectivity index (χ3n) is 2.62. The minimum Gasteiger partial charge on any atom is -0.450 e. The number of carboxylic acid groups (broad SMARTS) is 1. The number of hydrogen-bond acceptors (Lipinski definition) is 3. The molecule has 1 fully saturated rings. The van der Waals surface area contributed by atoms with Gasteiger partial charge in [0, 0.05) is 12.8 Å². The van der Waals surface area contributed by atoms with Crippen LogP contribution in [0.15, 0.2) is 30.3 Å². The molecule has 98 valence electrons. The highest BCUT2D eigenvalue weighted by molar-refractivity contribution is 5.78. The summed E-state index contributed by atoms with van der Waals surface area (Å²) in [5.74, 6) is 0.464. The van der Waals surface area contributed by atoms with Crippen LogP contribution in [-0.2, 0) is 16.1 Å². The van der Waals surface area contributed by atoms with Crippen LogP contribution in [0.25, 0.3) is 0 Å². The van der Waals surface area contributed by atoms with Crippen LogP contribution in [0.4, 0.5) is 4.79 Å². The minimum atomic E-state index is -1.24. The molecule has 0 heterocycles. The predicted molar refractivity (Wildman–Crippen MR) is 67.3 cm³/mol. The lowest BCUT2D eigenvalue weighted by Crippen LogP contribution is -2.02. The molecule has 0 radical (unpaired) electrons. The molecule has 1 saturated carbocycles. The van der Waals surface area contributed by atoms with Gasteiger partial charge < -0.3 is 9.84 Å². The monoisotopic (exact) mass is 250 g/mol. The zero-order valence-electron chi connectivity index (χ0n) is 10.3. The van der Waals surface area contributed by atoms with Crippen LogP contribution in [0.1, 0.15) is 37.7 Å². The molecule has 1 aromatic rings. The van der Waals surface area contributed by atoms with Crippen LogP contribution < -0.4 is 0 Å². The summed E-state index contributed by atoms with van der Waals surface area (Å²) in [5, 5.41) is 8.15. The first-order valence-electron chi connectivity index (χ1n) is 6.10. The minimum absolute atomic E-state index is 0.121. The molecule has 0 amide bonds. The van der Waals surface area contributed by atoms with E-state index in [1.807, 2.05) is 30.3 Å². The third-order valence-corrected chi connectivity index (χ3v) is 2.62.